The van der Waals surface area contributed by atoms with E-state index in [9.17, 15) is 4.79 Å². The van der Waals surface area contributed by atoms with Crippen LogP contribution in [0.25, 0.3) is 0 Å². The van der Waals surface area contributed by atoms with Gasteiger partial charge in [-0.1, -0.05) is 26.0 Å². The van der Waals surface area contributed by atoms with Crippen molar-refractivity contribution in [3.63, 3.8) is 0 Å². The standard InChI is InChI=1S/C20H27N3O/c1-5-11-23(12-6-2)20(24)17-9-10-21-19(14-17)22-18-13-15(3)7-8-16(18)4/h7-10,13-14H,5-6,11-12H2,1-4H3,(H,21,22). The molecule has 0 fully saturated rings. The lowest BCUT2D eigenvalue weighted by Crippen LogP contribution is -2.32. The molecule has 1 N–H and O–H groups in total. The molecule has 0 unspecified atom stereocenters. The number of carbonyl (C=O) groups is 1. The first-order chi connectivity index (χ1) is 11.5. The molecule has 1 aromatic carbocycles. The maximum absolute atomic E-state index is 12.7. The van der Waals surface area contributed by atoms with Gasteiger partial charge >= 0.3 is 0 Å². The number of carbonyl (C=O) groups excluding carboxylic acids is 1. The molecule has 4 heteroatoms. The van der Waals surface area contributed by atoms with Crippen molar-refractivity contribution < 1.29 is 4.79 Å². The first-order valence-electron chi connectivity index (χ1n) is 8.64. The van der Waals surface area contributed by atoms with Crippen molar-refractivity contribution in [1.29, 1.82) is 0 Å². The number of benzene rings is 1. The number of hydrogen-bond acceptors (Lipinski definition) is 3. The first-order valence-corrected chi connectivity index (χ1v) is 8.64. The predicted molar refractivity (Wildman–Crippen MR) is 99.9 cm³/mol. The second-order valence-electron chi connectivity index (χ2n) is 6.17. The Morgan fingerprint density at radius 1 is 1.08 bits per heavy atom. The number of anilines is 2. The van der Waals surface area contributed by atoms with E-state index in [1.54, 1.807) is 12.3 Å². The number of nitrogens with one attached hydrogen (secondary N) is 1. The molecule has 0 aliphatic rings. The Hall–Kier alpha value is -2.36. The maximum atomic E-state index is 12.7. The fourth-order valence-electron chi connectivity index (χ4n) is 2.68. The largest absolute Gasteiger partial charge is 0.340 e. The van der Waals surface area contributed by atoms with Gasteiger partial charge in [-0.3, -0.25) is 4.79 Å². The fourth-order valence-corrected chi connectivity index (χ4v) is 2.68. The smallest absolute Gasteiger partial charge is 0.254 e. The van der Waals surface area contributed by atoms with Gasteiger partial charge in [-0.25, -0.2) is 4.98 Å². The number of nitrogens with zero attached hydrogens (tertiary/aromatic N) is 2. The minimum Gasteiger partial charge on any atom is -0.340 e. The molecule has 0 aliphatic carbocycles. The molecule has 2 aromatic rings. The quantitative estimate of drug-likeness (QED) is 0.802. The molecule has 2 rings (SSSR count). The maximum Gasteiger partial charge on any atom is 0.254 e. The van der Waals surface area contributed by atoms with Gasteiger partial charge in [0.2, 0.25) is 0 Å². The van der Waals surface area contributed by atoms with Crippen molar-refractivity contribution in [1.82, 2.24) is 9.88 Å². The van der Waals surface area contributed by atoms with E-state index in [0.29, 0.717) is 11.4 Å². The Morgan fingerprint density at radius 3 is 2.46 bits per heavy atom. The summed E-state index contributed by atoms with van der Waals surface area (Å²) in [5, 5.41) is 3.33. The normalized spacial score (nSPS) is 10.5. The lowest BCUT2D eigenvalue weighted by Gasteiger charge is -2.21. The molecule has 0 saturated heterocycles. The van der Waals surface area contributed by atoms with Crippen LogP contribution in [-0.4, -0.2) is 28.9 Å². The summed E-state index contributed by atoms with van der Waals surface area (Å²) in [6.45, 7) is 9.88. The molecular weight excluding hydrogens is 298 g/mol. The summed E-state index contributed by atoms with van der Waals surface area (Å²) in [5.74, 6) is 0.771. The average Bonchev–Trinajstić information content (AvgIpc) is 2.57. The third kappa shape index (κ3) is 4.57. The Morgan fingerprint density at radius 2 is 1.79 bits per heavy atom. The summed E-state index contributed by atoms with van der Waals surface area (Å²) in [6, 6.07) is 9.88. The van der Waals surface area contributed by atoms with Gasteiger partial charge in [-0.15, -0.1) is 0 Å². The molecule has 24 heavy (non-hydrogen) atoms. The molecule has 0 atom stereocenters. The molecule has 1 amide bonds. The van der Waals surface area contributed by atoms with E-state index in [-0.39, 0.29) is 5.91 Å². The summed E-state index contributed by atoms with van der Waals surface area (Å²) >= 11 is 0. The summed E-state index contributed by atoms with van der Waals surface area (Å²) < 4.78 is 0. The topological polar surface area (TPSA) is 45.2 Å². The second-order valence-corrected chi connectivity index (χ2v) is 6.17. The lowest BCUT2D eigenvalue weighted by atomic mass is 10.1. The molecule has 128 valence electrons. The van der Waals surface area contributed by atoms with Crippen LogP contribution < -0.4 is 5.32 Å². The fraction of sp³-hybridized carbons (Fsp3) is 0.400. The van der Waals surface area contributed by atoms with Crippen LogP contribution in [0, 0.1) is 13.8 Å². The molecule has 1 aromatic heterocycles. The third-order valence-electron chi connectivity index (χ3n) is 3.94. The summed E-state index contributed by atoms with van der Waals surface area (Å²) in [7, 11) is 0. The molecule has 0 radical (unpaired) electrons. The van der Waals surface area contributed by atoms with E-state index in [4.69, 9.17) is 0 Å². The zero-order valence-corrected chi connectivity index (χ0v) is 15.1. The number of aryl methyl sites for hydroxylation is 2. The minimum absolute atomic E-state index is 0.0742. The van der Waals surface area contributed by atoms with Gasteiger partial charge in [0.25, 0.3) is 5.91 Å². The van der Waals surface area contributed by atoms with Gasteiger partial charge in [0.1, 0.15) is 5.82 Å². The molecule has 0 bridgehead atoms. The number of amides is 1. The lowest BCUT2D eigenvalue weighted by molar-refractivity contribution is 0.0755. The van der Waals surface area contributed by atoms with Crippen LogP contribution in [0.2, 0.25) is 0 Å². The Bertz CT molecular complexity index is 691. The number of aromatic nitrogens is 1. The van der Waals surface area contributed by atoms with Crippen LogP contribution >= 0.6 is 0 Å². The van der Waals surface area contributed by atoms with Crippen LogP contribution in [0.4, 0.5) is 11.5 Å². The van der Waals surface area contributed by atoms with Gasteiger partial charge in [-0.05, 0) is 56.0 Å². The first kappa shape index (κ1) is 18.0. The van der Waals surface area contributed by atoms with E-state index in [0.717, 1.165) is 37.2 Å². The number of hydrogen-bond donors (Lipinski definition) is 1. The highest BCUT2D eigenvalue weighted by molar-refractivity contribution is 5.95. The van der Waals surface area contributed by atoms with Gasteiger partial charge in [0.15, 0.2) is 0 Å². The highest BCUT2D eigenvalue weighted by atomic mass is 16.2. The van der Waals surface area contributed by atoms with E-state index < -0.39 is 0 Å². The second kappa shape index (κ2) is 8.48. The van der Waals surface area contributed by atoms with E-state index in [1.165, 1.54) is 5.56 Å². The van der Waals surface area contributed by atoms with E-state index >= 15 is 0 Å². The third-order valence-corrected chi connectivity index (χ3v) is 3.94. The van der Waals surface area contributed by atoms with E-state index in [2.05, 4.69) is 56.2 Å². The highest BCUT2D eigenvalue weighted by Crippen LogP contribution is 2.21. The molecule has 4 nitrogen and oxygen atoms in total. The zero-order chi connectivity index (χ0) is 17.5. The molecule has 0 saturated carbocycles. The Balaban J connectivity index is 2.21. The molecular formula is C20H27N3O. The molecule has 0 aliphatic heterocycles. The van der Waals surface area contributed by atoms with Gasteiger partial charge in [-0.2, -0.15) is 0 Å². The van der Waals surface area contributed by atoms with Crippen LogP contribution in [-0.2, 0) is 0 Å². The SMILES string of the molecule is CCCN(CCC)C(=O)c1ccnc(Nc2cc(C)ccc2C)c1. The zero-order valence-electron chi connectivity index (χ0n) is 15.1. The summed E-state index contributed by atoms with van der Waals surface area (Å²) in [6.07, 6.45) is 3.62. The highest BCUT2D eigenvalue weighted by Gasteiger charge is 2.15. The van der Waals surface area contributed by atoms with Crippen molar-refractivity contribution in [2.75, 3.05) is 18.4 Å². The number of rotatable bonds is 7. The minimum atomic E-state index is 0.0742. The van der Waals surface area contributed by atoms with Gasteiger partial charge in [0, 0.05) is 30.5 Å². The monoisotopic (exact) mass is 325 g/mol. The van der Waals surface area contributed by atoms with E-state index in [1.807, 2.05) is 11.0 Å². The number of pyridine rings is 1. The summed E-state index contributed by atoms with van der Waals surface area (Å²) in [4.78, 5) is 19.0. The van der Waals surface area contributed by atoms with Crippen LogP contribution in [0.15, 0.2) is 36.5 Å². The molecule has 1 heterocycles. The van der Waals surface area contributed by atoms with Crippen LogP contribution in [0.5, 0.6) is 0 Å². The van der Waals surface area contributed by atoms with Crippen LogP contribution in [0.1, 0.15) is 48.2 Å². The average molecular weight is 325 g/mol. The van der Waals surface area contributed by atoms with Crippen molar-refractivity contribution in [2.24, 2.45) is 0 Å². The van der Waals surface area contributed by atoms with Gasteiger partial charge in [0.05, 0.1) is 0 Å². The van der Waals surface area contributed by atoms with Crippen molar-refractivity contribution in [3.05, 3.63) is 53.2 Å². The Labute approximate surface area is 144 Å². The molecule has 0 spiro atoms. The van der Waals surface area contributed by atoms with Crippen molar-refractivity contribution >= 4 is 17.4 Å². The van der Waals surface area contributed by atoms with Crippen molar-refractivity contribution in [3.8, 4) is 0 Å². The summed E-state index contributed by atoms with van der Waals surface area (Å²) in [5.41, 5.74) is 4.04. The Kier molecular flexibility index (Phi) is 6.36. The van der Waals surface area contributed by atoms with Crippen LogP contribution in [0.3, 0.4) is 0 Å². The van der Waals surface area contributed by atoms with Crippen molar-refractivity contribution in [2.45, 2.75) is 40.5 Å². The predicted octanol–water partition coefficient (Wildman–Crippen LogP) is 4.70. The van der Waals surface area contributed by atoms with Gasteiger partial charge < -0.3 is 10.2 Å².